The van der Waals surface area contributed by atoms with Crippen LogP contribution < -0.4 is 5.73 Å². The monoisotopic (exact) mass is 237 g/mol. The van der Waals surface area contributed by atoms with E-state index in [9.17, 15) is 0 Å². The van der Waals surface area contributed by atoms with E-state index in [0.717, 1.165) is 16.8 Å². The van der Waals surface area contributed by atoms with Crippen LogP contribution in [0.25, 0.3) is 22.6 Å². The van der Waals surface area contributed by atoms with Crippen LogP contribution in [0.5, 0.6) is 0 Å². The number of furan rings is 1. The van der Waals surface area contributed by atoms with Crippen LogP contribution in [-0.2, 0) is 0 Å². The van der Waals surface area contributed by atoms with Gasteiger partial charge in [-0.1, -0.05) is 0 Å². The van der Waals surface area contributed by atoms with Gasteiger partial charge in [0.25, 0.3) is 0 Å². The van der Waals surface area contributed by atoms with E-state index in [1.165, 1.54) is 0 Å². The quantitative estimate of drug-likeness (QED) is 0.744. The second-order valence-corrected chi connectivity index (χ2v) is 3.85. The van der Waals surface area contributed by atoms with Gasteiger partial charge in [-0.05, 0) is 42.0 Å². The molecule has 88 valence electrons. The van der Waals surface area contributed by atoms with Gasteiger partial charge in [0.2, 0.25) is 0 Å². The minimum absolute atomic E-state index is 0.471. The minimum Gasteiger partial charge on any atom is -0.463 e. The molecule has 18 heavy (non-hydrogen) atoms. The lowest BCUT2D eigenvalue weighted by atomic mass is 10.0. The second-order valence-electron chi connectivity index (χ2n) is 3.85. The summed E-state index contributed by atoms with van der Waals surface area (Å²) in [6.07, 6.45) is 5.12. The highest BCUT2D eigenvalue weighted by atomic mass is 16.3. The molecule has 3 aromatic rings. The molecule has 0 saturated heterocycles. The van der Waals surface area contributed by atoms with Crippen molar-refractivity contribution in [2.45, 2.75) is 0 Å². The summed E-state index contributed by atoms with van der Waals surface area (Å²) in [4.78, 5) is 8.37. The first kappa shape index (κ1) is 10.5. The molecule has 2 N–H and O–H groups in total. The van der Waals surface area contributed by atoms with E-state index in [2.05, 4.69) is 9.97 Å². The molecule has 0 fully saturated rings. The van der Waals surface area contributed by atoms with E-state index < -0.39 is 0 Å². The molecule has 0 aliphatic rings. The Hall–Kier alpha value is -2.62. The summed E-state index contributed by atoms with van der Waals surface area (Å²) in [7, 11) is 0. The lowest BCUT2D eigenvalue weighted by Gasteiger charge is -2.07. The molecule has 0 radical (unpaired) electrons. The summed E-state index contributed by atoms with van der Waals surface area (Å²) in [5.41, 5.74) is 8.49. The summed E-state index contributed by atoms with van der Waals surface area (Å²) in [6, 6.07) is 11.3. The molecule has 0 amide bonds. The van der Waals surface area contributed by atoms with Crippen molar-refractivity contribution in [3.63, 3.8) is 0 Å². The largest absolute Gasteiger partial charge is 0.463 e. The minimum atomic E-state index is 0.471. The maximum Gasteiger partial charge on any atom is 0.152 e. The number of hydrogen-bond acceptors (Lipinski definition) is 4. The Bertz CT molecular complexity index is 648. The third-order valence-electron chi connectivity index (χ3n) is 2.66. The van der Waals surface area contributed by atoms with Crippen molar-refractivity contribution in [1.29, 1.82) is 0 Å². The van der Waals surface area contributed by atoms with Crippen molar-refractivity contribution in [2.75, 3.05) is 5.73 Å². The van der Waals surface area contributed by atoms with E-state index in [1.54, 1.807) is 24.7 Å². The Morgan fingerprint density at radius 1 is 1.00 bits per heavy atom. The predicted octanol–water partition coefficient (Wildman–Crippen LogP) is 2.99. The van der Waals surface area contributed by atoms with Crippen molar-refractivity contribution in [2.24, 2.45) is 0 Å². The molecular weight excluding hydrogens is 226 g/mol. The first-order valence-corrected chi connectivity index (χ1v) is 5.55. The highest BCUT2D eigenvalue weighted by Crippen LogP contribution is 2.31. The Labute approximate surface area is 104 Å². The van der Waals surface area contributed by atoms with Crippen LogP contribution in [0.4, 0.5) is 5.82 Å². The predicted molar refractivity (Wildman–Crippen MR) is 69.6 cm³/mol. The number of nitrogen functional groups attached to an aromatic ring is 1. The lowest BCUT2D eigenvalue weighted by molar-refractivity contribution is 0.580. The molecule has 4 nitrogen and oxygen atoms in total. The van der Waals surface area contributed by atoms with Gasteiger partial charge in [-0.2, -0.15) is 0 Å². The molecule has 0 aromatic carbocycles. The summed E-state index contributed by atoms with van der Waals surface area (Å²) >= 11 is 0. The van der Waals surface area contributed by atoms with Gasteiger partial charge in [0.1, 0.15) is 11.5 Å². The zero-order valence-electron chi connectivity index (χ0n) is 9.58. The summed E-state index contributed by atoms with van der Waals surface area (Å²) in [6.45, 7) is 0. The Balaban J connectivity index is 2.21. The number of nitrogens with zero attached hydrogens (tertiary/aromatic N) is 2. The number of nitrogens with two attached hydrogens (primary N) is 1. The van der Waals surface area contributed by atoms with E-state index in [0.29, 0.717) is 11.6 Å². The van der Waals surface area contributed by atoms with Crippen molar-refractivity contribution in [1.82, 2.24) is 9.97 Å². The third-order valence-corrected chi connectivity index (χ3v) is 2.66. The smallest absolute Gasteiger partial charge is 0.152 e. The standard InChI is InChI=1S/C14H11N3O/c15-13-4-3-11(10-5-7-16-8-6-10)14(17-13)12-2-1-9-18-12/h1-9H,(H2,15,17). The maximum absolute atomic E-state index is 5.75. The molecule has 0 bridgehead atoms. The number of pyridine rings is 2. The zero-order chi connectivity index (χ0) is 12.4. The molecule has 0 aliphatic heterocycles. The van der Waals surface area contributed by atoms with Crippen LogP contribution in [0, 0.1) is 0 Å². The van der Waals surface area contributed by atoms with Gasteiger partial charge in [0.15, 0.2) is 5.76 Å². The summed E-state index contributed by atoms with van der Waals surface area (Å²) in [5, 5.41) is 0. The van der Waals surface area contributed by atoms with Crippen LogP contribution in [0.15, 0.2) is 59.5 Å². The molecule has 0 saturated carbocycles. The van der Waals surface area contributed by atoms with Crippen LogP contribution >= 0.6 is 0 Å². The van der Waals surface area contributed by atoms with Gasteiger partial charge < -0.3 is 10.2 Å². The van der Waals surface area contributed by atoms with Gasteiger partial charge in [0.05, 0.1) is 6.26 Å². The van der Waals surface area contributed by atoms with Crippen molar-refractivity contribution >= 4 is 5.82 Å². The van der Waals surface area contributed by atoms with E-state index in [-0.39, 0.29) is 0 Å². The molecule has 0 unspecified atom stereocenters. The normalized spacial score (nSPS) is 10.4. The SMILES string of the molecule is Nc1ccc(-c2ccncc2)c(-c2ccco2)n1. The number of anilines is 1. The van der Waals surface area contributed by atoms with Crippen molar-refractivity contribution < 1.29 is 4.42 Å². The fraction of sp³-hybridized carbons (Fsp3) is 0. The molecule has 3 aromatic heterocycles. The number of rotatable bonds is 2. The zero-order valence-corrected chi connectivity index (χ0v) is 9.58. The Kier molecular flexibility index (Phi) is 2.53. The summed E-state index contributed by atoms with van der Waals surface area (Å²) in [5.74, 6) is 1.17. The Morgan fingerprint density at radius 2 is 1.83 bits per heavy atom. The second kappa shape index (κ2) is 4.33. The molecule has 0 atom stereocenters. The average molecular weight is 237 g/mol. The number of hydrogen-bond donors (Lipinski definition) is 1. The van der Waals surface area contributed by atoms with Crippen molar-refractivity contribution in [3.8, 4) is 22.6 Å². The summed E-state index contributed by atoms with van der Waals surface area (Å²) < 4.78 is 5.40. The first-order chi connectivity index (χ1) is 8.84. The molecule has 0 spiro atoms. The fourth-order valence-electron chi connectivity index (χ4n) is 1.84. The number of aromatic nitrogens is 2. The van der Waals surface area contributed by atoms with Gasteiger partial charge in [-0.15, -0.1) is 0 Å². The third kappa shape index (κ3) is 1.84. The van der Waals surface area contributed by atoms with Crippen LogP contribution in [-0.4, -0.2) is 9.97 Å². The van der Waals surface area contributed by atoms with Crippen LogP contribution in [0.2, 0.25) is 0 Å². The lowest BCUT2D eigenvalue weighted by Crippen LogP contribution is -1.94. The van der Waals surface area contributed by atoms with Gasteiger partial charge in [-0.3, -0.25) is 4.98 Å². The van der Waals surface area contributed by atoms with E-state index >= 15 is 0 Å². The van der Waals surface area contributed by atoms with Crippen molar-refractivity contribution in [3.05, 3.63) is 55.1 Å². The Morgan fingerprint density at radius 3 is 2.56 bits per heavy atom. The fourth-order valence-corrected chi connectivity index (χ4v) is 1.84. The van der Waals surface area contributed by atoms with Gasteiger partial charge >= 0.3 is 0 Å². The highest BCUT2D eigenvalue weighted by Gasteiger charge is 2.11. The molecule has 3 rings (SSSR count). The van der Waals surface area contributed by atoms with Gasteiger partial charge in [-0.25, -0.2) is 4.98 Å². The maximum atomic E-state index is 5.75. The first-order valence-electron chi connectivity index (χ1n) is 5.55. The van der Waals surface area contributed by atoms with Crippen LogP contribution in [0.3, 0.4) is 0 Å². The molecule has 4 heteroatoms. The highest BCUT2D eigenvalue weighted by molar-refractivity contribution is 5.79. The average Bonchev–Trinajstić information content (AvgIpc) is 2.93. The van der Waals surface area contributed by atoms with Gasteiger partial charge in [0, 0.05) is 18.0 Å². The molecular formula is C14H11N3O. The molecule has 3 heterocycles. The van der Waals surface area contributed by atoms with E-state index in [4.69, 9.17) is 10.2 Å². The molecule has 0 aliphatic carbocycles. The topological polar surface area (TPSA) is 64.9 Å². The van der Waals surface area contributed by atoms with E-state index in [1.807, 2.05) is 30.3 Å². The van der Waals surface area contributed by atoms with Crippen LogP contribution in [0.1, 0.15) is 0 Å².